The second-order valence-corrected chi connectivity index (χ2v) is 14.9. The number of hydrogen-bond donors (Lipinski definition) is 0. The average Bonchev–Trinajstić information content (AvgIpc) is 4.16. The summed E-state index contributed by atoms with van der Waals surface area (Å²) in [5, 5.41) is 9.17. The lowest BCUT2D eigenvalue weighted by Crippen LogP contribution is -1.99. The molecule has 8 aromatic rings. The third-order valence-electron chi connectivity index (χ3n) is 10.8. The first kappa shape index (κ1) is 39.8. The van der Waals surface area contributed by atoms with E-state index in [0.29, 0.717) is 23.4 Å². The average molecular weight is 833 g/mol. The normalized spacial score (nSPS) is 15.5. The van der Waals surface area contributed by atoms with Gasteiger partial charge in [-0.25, -0.2) is 48.0 Å². The van der Waals surface area contributed by atoms with Gasteiger partial charge in [0.25, 0.3) is 0 Å². The van der Waals surface area contributed by atoms with E-state index in [0.717, 1.165) is 82.9 Å². The first-order chi connectivity index (χ1) is 30.2. The zero-order chi connectivity index (χ0) is 42.7. The van der Waals surface area contributed by atoms with E-state index in [1.54, 1.807) is 26.9 Å². The van der Waals surface area contributed by atoms with Crippen LogP contribution >= 0.6 is 0 Å². The van der Waals surface area contributed by atoms with Gasteiger partial charge in [-0.2, -0.15) is 10.2 Å². The standard InChI is InChI=1S/2C23H21FN6O/c2*1-15-13-29(14-25-15)20-9-7-18(26-23(20)31-2)8-10-21-27-22-19(11-12-30(22)28-21)16-3-5-17(24)6-4-16/h2*3-10,13-14,19H,11-12H2,1-2H3/b2*10-8+/t2*19-/m10/s1. The number of hydrogen-bond acceptors (Lipinski definition) is 10. The Bertz CT molecular complexity index is 2710. The predicted molar refractivity (Wildman–Crippen MR) is 229 cm³/mol. The summed E-state index contributed by atoms with van der Waals surface area (Å²) in [5.41, 5.74) is 7.07. The van der Waals surface area contributed by atoms with Gasteiger partial charge in [-0.15, -0.1) is 0 Å². The minimum Gasteiger partial charge on any atom is -0.479 e. The molecule has 16 heteroatoms. The summed E-state index contributed by atoms with van der Waals surface area (Å²) in [6.07, 6.45) is 16.6. The molecule has 2 aromatic carbocycles. The summed E-state index contributed by atoms with van der Waals surface area (Å²) in [7, 11) is 3.19. The van der Waals surface area contributed by atoms with Crippen LogP contribution in [0, 0.1) is 25.5 Å². The molecule has 0 bridgehead atoms. The van der Waals surface area contributed by atoms with E-state index in [-0.39, 0.29) is 23.5 Å². The molecule has 0 saturated carbocycles. The molecular weight excluding hydrogens is 791 g/mol. The third kappa shape index (κ3) is 8.39. The van der Waals surface area contributed by atoms with E-state index < -0.39 is 0 Å². The van der Waals surface area contributed by atoms with Crippen LogP contribution < -0.4 is 9.47 Å². The molecule has 0 spiro atoms. The maximum absolute atomic E-state index is 13.3. The first-order valence-electron chi connectivity index (χ1n) is 20.1. The number of halogens is 2. The fraction of sp³-hybridized carbons (Fsp3) is 0.217. The van der Waals surface area contributed by atoms with Crippen LogP contribution in [0.4, 0.5) is 8.78 Å². The van der Waals surface area contributed by atoms with Gasteiger partial charge >= 0.3 is 0 Å². The highest BCUT2D eigenvalue weighted by atomic mass is 19.1. The van der Waals surface area contributed by atoms with Gasteiger partial charge in [-0.3, -0.25) is 0 Å². The molecule has 8 heterocycles. The number of ether oxygens (including phenoxy) is 2. The molecule has 2 aliphatic heterocycles. The molecule has 62 heavy (non-hydrogen) atoms. The van der Waals surface area contributed by atoms with Crippen molar-refractivity contribution in [1.82, 2.24) is 58.6 Å². The van der Waals surface area contributed by atoms with Crippen LogP contribution in [0.25, 0.3) is 35.7 Å². The summed E-state index contributed by atoms with van der Waals surface area (Å²) in [5.74, 6) is 3.87. The molecule has 312 valence electrons. The van der Waals surface area contributed by atoms with Gasteiger partial charge in [0.2, 0.25) is 11.8 Å². The Morgan fingerprint density at radius 3 is 1.34 bits per heavy atom. The van der Waals surface area contributed by atoms with Gasteiger partial charge < -0.3 is 18.6 Å². The van der Waals surface area contributed by atoms with Crippen molar-refractivity contribution in [1.29, 1.82) is 0 Å². The number of aryl methyl sites for hydroxylation is 4. The highest BCUT2D eigenvalue weighted by Crippen LogP contribution is 2.34. The molecule has 0 aliphatic carbocycles. The predicted octanol–water partition coefficient (Wildman–Crippen LogP) is 8.04. The van der Waals surface area contributed by atoms with Gasteiger partial charge in [0, 0.05) is 37.3 Å². The fourth-order valence-electron chi connectivity index (χ4n) is 7.71. The minimum atomic E-state index is -0.232. The van der Waals surface area contributed by atoms with Gasteiger partial charge in [-0.05, 0) is 111 Å². The summed E-state index contributed by atoms with van der Waals surface area (Å²) in [6, 6.07) is 20.9. The molecule has 0 amide bonds. The second-order valence-electron chi connectivity index (χ2n) is 14.9. The van der Waals surface area contributed by atoms with E-state index in [1.807, 2.05) is 118 Å². The number of methoxy groups -OCH3 is 2. The quantitative estimate of drug-likeness (QED) is 0.133. The zero-order valence-electron chi connectivity index (χ0n) is 34.5. The molecule has 2 atom stereocenters. The lowest BCUT2D eigenvalue weighted by molar-refractivity contribution is 0.395. The van der Waals surface area contributed by atoms with Gasteiger partial charge in [0.05, 0.1) is 49.6 Å². The number of nitrogens with zero attached hydrogens (tertiary/aromatic N) is 12. The fourth-order valence-corrected chi connectivity index (χ4v) is 7.71. The first-order valence-corrected chi connectivity index (χ1v) is 20.1. The molecule has 14 nitrogen and oxygen atoms in total. The minimum absolute atomic E-state index is 0.131. The number of imidazole rings is 2. The van der Waals surface area contributed by atoms with Crippen molar-refractivity contribution in [2.45, 2.75) is 51.6 Å². The molecule has 6 aromatic heterocycles. The van der Waals surface area contributed by atoms with Crippen LogP contribution in [0.2, 0.25) is 0 Å². The third-order valence-corrected chi connectivity index (χ3v) is 10.8. The van der Waals surface area contributed by atoms with Crippen molar-refractivity contribution in [2.75, 3.05) is 14.2 Å². The van der Waals surface area contributed by atoms with Crippen molar-refractivity contribution < 1.29 is 18.3 Å². The van der Waals surface area contributed by atoms with Crippen molar-refractivity contribution in [3.05, 3.63) is 167 Å². The monoisotopic (exact) mass is 832 g/mol. The lowest BCUT2D eigenvalue weighted by Gasteiger charge is -2.08. The van der Waals surface area contributed by atoms with E-state index in [2.05, 4.69) is 30.1 Å². The summed E-state index contributed by atoms with van der Waals surface area (Å²) >= 11 is 0. The Kier molecular flexibility index (Phi) is 11.0. The molecule has 0 N–H and O–H groups in total. The summed E-state index contributed by atoms with van der Waals surface area (Å²) < 4.78 is 45.0. The Morgan fingerprint density at radius 1 is 0.548 bits per heavy atom. The zero-order valence-corrected chi connectivity index (χ0v) is 34.5. The molecule has 0 saturated heterocycles. The van der Waals surface area contributed by atoms with Gasteiger partial charge in [0.15, 0.2) is 11.6 Å². The van der Waals surface area contributed by atoms with Crippen LogP contribution in [-0.4, -0.2) is 72.8 Å². The Morgan fingerprint density at radius 2 is 0.968 bits per heavy atom. The number of rotatable bonds is 10. The van der Waals surface area contributed by atoms with Crippen LogP contribution in [0.5, 0.6) is 11.8 Å². The van der Waals surface area contributed by atoms with E-state index in [9.17, 15) is 8.78 Å². The summed E-state index contributed by atoms with van der Waals surface area (Å²) in [6.45, 7) is 5.46. The Hall–Kier alpha value is -7.62. The van der Waals surface area contributed by atoms with Gasteiger partial charge in [-0.1, -0.05) is 24.3 Å². The molecule has 10 rings (SSSR count). The Labute approximate surface area is 355 Å². The van der Waals surface area contributed by atoms with Crippen LogP contribution in [0.3, 0.4) is 0 Å². The SMILES string of the molecule is COc1nc(/C=C/c2nc3n(n2)CC[C@@H]3c2ccc(F)cc2)ccc1-n1cnc(C)c1.COc1nc(/C=C/c2nc3n(n2)CC[C@H]3c2ccc(F)cc2)ccc1-n1cnc(C)c1. The maximum atomic E-state index is 13.3. The molecule has 0 fully saturated rings. The van der Waals surface area contributed by atoms with Crippen molar-refractivity contribution in [3.8, 4) is 23.1 Å². The van der Waals surface area contributed by atoms with Crippen LogP contribution in [0.15, 0.2) is 97.8 Å². The molecule has 0 unspecified atom stereocenters. The largest absolute Gasteiger partial charge is 0.479 e. The Balaban J connectivity index is 0.000000158. The topological polar surface area (TPSA) is 141 Å². The highest BCUT2D eigenvalue weighted by Gasteiger charge is 2.29. The highest BCUT2D eigenvalue weighted by molar-refractivity contribution is 5.67. The van der Waals surface area contributed by atoms with Crippen LogP contribution in [-0.2, 0) is 13.1 Å². The number of pyridine rings is 2. The lowest BCUT2D eigenvalue weighted by atomic mass is 9.97. The van der Waals surface area contributed by atoms with Crippen molar-refractivity contribution in [3.63, 3.8) is 0 Å². The maximum Gasteiger partial charge on any atom is 0.238 e. The number of aromatic nitrogens is 12. The smallest absolute Gasteiger partial charge is 0.238 e. The van der Waals surface area contributed by atoms with E-state index in [4.69, 9.17) is 19.4 Å². The van der Waals surface area contributed by atoms with Gasteiger partial charge in [0.1, 0.15) is 34.7 Å². The van der Waals surface area contributed by atoms with Crippen molar-refractivity contribution in [2.24, 2.45) is 0 Å². The summed E-state index contributed by atoms with van der Waals surface area (Å²) in [4.78, 5) is 27.0. The second kappa shape index (κ2) is 17.2. The van der Waals surface area contributed by atoms with E-state index >= 15 is 0 Å². The van der Waals surface area contributed by atoms with Crippen molar-refractivity contribution >= 4 is 24.3 Å². The molecule has 0 radical (unpaired) electrons. The number of benzene rings is 2. The van der Waals surface area contributed by atoms with E-state index in [1.165, 1.54) is 24.3 Å². The van der Waals surface area contributed by atoms with Crippen LogP contribution in [0.1, 0.15) is 81.9 Å². The molecule has 2 aliphatic rings. The molecular formula is C46H42F2N12O2. The number of fused-ring (bicyclic) bond motifs is 2.